The minimum atomic E-state index is -0.750. The van der Waals surface area contributed by atoms with Gasteiger partial charge in [0.25, 0.3) is 0 Å². The predicted octanol–water partition coefficient (Wildman–Crippen LogP) is 14.9. The van der Waals surface area contributed by atoms with Crippen molar-refractivity contribution in [2.45, 2.75) is 289 Å². The second-order valence-electron chi connectivity index (χ2n) is 17.5. The van der Waals surface area contributed by atoms with E-state index in [1.54, 1.807) is 0 Å². The molecule has 0 saturated heterocycles. The van der Waals surface area contributed by atoms with Crippen LogP contribution in [-0.2, 0) is 4.79 Å². The van der Waals surface area contributed by atoms with E-state index in [9.17, 15) is 20.1 Å². The Hall–Kier alpha value is -1.17. The summed E-state index contributed by atoms with van der Waals surface area (Å²) in [6.45, 7) is 4.25. The fourth-order valence-electron chi connectivity index (χ4n) is 7.93. The molecule has 0 fully saturated rings. The Bertz CT molecular complexity index is 829. The van der Waals surface area contributed by atoms with Gasteiger partial charge in [-0.2, -0.15) is 0 Å². The number of carbonyl (C=O) groups is 1. The second-order valence-corrected chi connectivity index (χ2v) is 17.5. The highest BCUT2D eigenvalue weighted by atomic mass is 16.3. The summed E-state index contributed by atoms with van der Waals surface area (Å²) in [6.07, 6.45) is 57.3. The highest BCUT2D eigenvalue weighted by Gasteiger charge is 2.21. The first kappa shape index (κ1) is 54.8. The third-order valence-corrected chi connectivity index (χ3v) is 11.8. The molecule has 0 heterocycles. The van der Waals surface area contributed by atoms with Crippen molar-refractivity contribution in [2.24, 2.45) is 0 Å². The topological polar surface area (TPSA) is 89.8 Å². The molecule has 0 aromatic heterocycles. The Labute approximate surface area is 350 Å². The van der Waals surface area contributed by atoms with Crippen LogP contribution in [-0.4, -0.2) is 46.1 Å². The molecule has 0 aliphatic heterocycles. The quantitative estimate of drug-likeness (QED) is 0.0365. The smallest absolute Gasteiger partial charge is 0.222 e. The fraction of sp³-hybridized carbons (Fsp3) is 0.902. The van der Waals surface area contributed by atoms with E-state index in [1.807, 2.05) is 0 Å². The van der Waals surface area contributed by atoms with Crippen LogP contribution in [0.2, 0.25) is 0 Å². The maximum atomic E-state index is 12.5. The zero-order valence-electron chi connectivity index (χ0n) is 37.8. The molecule has 5 nitrogen and oxygen atoms in total. The van der Waals surface area contributed by atoms with E-state index in [1.165, 1.54) is 212 Å². The standard InChI is InChI=1S/C51H99NO4/c1-3-5-7-9-11-13-15-17-19-21-22-23-24-25-26-27-29-31-33-35-37-39-41-43-45-50(55)49(47-53)52-51(56)46-48(54)44-42-40-38-36-34-32-30-28-20-18-16-14-12-10-8-6-4-2/h12,14,16,18,48-50,53-55H,3-11,13,15,17,19-47H2,1-2H3,(H,52,56)/b14-12-,18-16-. The summed E-state index contributed by atoms with van der Waals surface area (Å²) in [7, 11) is 0. The van der Waals surface area contributed by atoms with E-state index in [0.717, 1.165) is 25.7 Å². The summed E-state index contributed by atoms with van der Waals surface area (Å²) in [5.41, 5.74) is 0. The Balaban J connectivity index is 3.55. The lowest BCUT2D eigenvalue weighted by Gasteiger charge is -2.23. The molecule has 0 aliphatic carbocycles. The number of nitrogens with one attached hydrogen (secondary N) is 1. The molecule has 4 N–H and O–H groups in total. The zero-order valence-corrected chi connectivity index (χ0v) is 37.8. The Morgan fingerprint density at radius 2 is 0.750 bits per heavy atom. The minimum absolute atomic E-state index is 0.0335. The highest BCUT2D eigenvalue weighted by molar-refractivity contribution is 5.76. The van der Waals surface area contributed by atoms with Gasteiger partial charge in [-0.25, -0.2) is 0 Å². The van der Waals surface area contributed by atoms with Crippen LogP contribution < -0.4 is 5.32 Å². The molecule has 56 heavy (non-hydrogen) atoms. The Morgan fingerprint density at radius 3 is 1.12 bits per heavy atom. The Morgan fingerprint density at radius 1 is 0.446 bits per heavy atom. The molecule has 0 bridgehead atoms. The maximum absolute atomic E-state index is 12.5. The number of allylic oxidation sites excluding steroid dienone is 4. The van der Waals surface area contributed by atoms with Crippen LogP contribution in [0.1, 0.15) is 271 Å². The molecule has 0 rings (SSSR count). The lowest BCUT2D eigenvalue weighted by Crippen LogP contribution is -2.46. The van der Waals surface area contributed by atoms with Crippen LogP contribution in [0.4, 0.5) is 0 Å². The minimum Gasteiger partial charge on any atom is -0.394 e. The third-order valence-electron chi connectivity index (χ3n) is 11.8. The van der Waals surface area contributed by atoms with Crippen molar-refractivity contribution in [3.8, 4) is 0 Å². The number of aliphatic hydroxyl groups excluding tert-OH is 3. The number of carbonyl (C=O) groups excluding carboxylic acids is 1. The van der Waals surface area contributed by atoms with Crippen LogP contribution in [0.15, 0.2) is 24.3 Å². The predicted molar refractivity (Wildman–Crippen MR) is 245 cm³/mol. The van der Waals surface area contributed by atoms with Crippen molar-refractivity contribution in [1.29, 1.82) is 0 Å². The summed E-state index contributed by atoms with van der Waals surface area (Å²) in [6, 6.07) is -0.660. The first-order valence-corrected chi connectivity index (χ1v) is 25.1. The highest BCUT2D eigenvalue weighted by Crippen LogP contribution is 2.17. The van der Waals surface area contributed by atoms with Crippen molar-refractivity contribution in [2.75, 3.05) is 6.61 Å². The average molecular weight is 790 g/mol. The van der Waals surface area contributed by atoms with Gasteiger partial charge in [0, 0.05) is 0 Å². The summed E-state index contributed by atoms with van der Waals surface area (Å²) in [4.78, 5) is 12.5. The molecule has 1 amide bonds. The van der Waals surface area contributed by atoms with Crippen LogP contribution >= 0.6 is 0 Å². The van der Waals surface area contributed by atoms with Crippen molar-refractivity contribution in [3.05, 3.63) is 24.3 Å². The molecule has 5 heteroatoms. The molecular weight excluding hydrogens is 691 g/mol. The van der Waals surface area contributed by atoms with Gasteiger partial charge in [-0.05, 0) is 38.5 Å². The molecule has 0 radical (unpaired) electrons. The van der Waals surface area contributed by atoms with E-state index in [4.69, 9.17) is 0 Å². The van der Waals surface area contributed by atoms with Crippen LogP contribution in [0.5, 0.6) is 0 Å². The molecular formula is C51H99NO4. The van der Waals surface area contributed by atoms with Gasteiger partial charge in [-0.1, -0.05) is 250 Å². The monoisotopic (exact) mass is 790 g/mol. The van der Waals surface area contributed by atoms with Gasteiger partial charge >= 0.3 is 0 Å². The van der Waals surface area contributed by atoms with Gasteiger partial charge in [-0.3, -0.25) is 4.79 Å². The SMILES string of the molecule is CCCCC/C=C\C=C/CCCCCCCCCCC(O)CC(=O)NC(CO)C(O)CCCCCCCCCCCCCCCCCCCCCCCCCC. The number of hydrogen-bond donors (Lipinski definition) is 4. The summed E-state index contributed by atoms with van der Waals surface area (Å²) in [5, 5.41) is 33.5. The number of hydrogen-bond acceptors (Lipinski definition) is 4. The van der Waals surface area contributed by atoms with Crippen LogP contribution in [0.25, 0.3) is 0 Å². The molecule has 0 spiro atoms. The number of unbranched alkanes of at least 4 members (excludes halogenated alkanes) is 34. The first-order valence-electron chi connectivity index (χ1n) is 25.1. The maximum Gasteiger partial charge on any atom is 0.222 e. The van der Waals surface area contributed by atoms with Crippen LogP contribution in [0, 0.1) is 0 Å². The Kier molecular flexibility index (Phi) is 45.5. The van der Waals surface area contributed by atoms with E-state index >= 15 is 0 Å². The van der Waals surface area contributed by atoms with E-state index in [-0.39, 0.29) is 18.9 Å². The van der Waals surface area contributed by atoms with Crippen LogP contribution in [0.3, 0.4) is 0 Å². The molecule has 3 atom stereocenters. The van der Waals surface area contributed by atoms with E-state index in [2.05, 4.69) is 43.5 Å². The van der Waals surface area contributed by atoms with Gasteiger partial charge in [0.15, 0.2) is 0 Å². The van der Waals surface area contributed by atoms with E-state index < -0.39 is 18.2 Å². The van der Waals surface area contributed by atoms with Crippen molar-refractivity contribution in [1.82, 2.24) is 5.32 Å². The van der Waals surface area contributed by atoms with Crippen molar-refractivity contribution in [3.63, 3.8) is 0 Å². The second kappa shape index (κ2) is 46.5. The first-order chi connectivity index (χ1) is 27.5. The van der Waals surface area contributed by atoms with Gasteiger partial charge < -0.3 is 20.6 Å². The lowest BCUT2D eigenvalue weighted by atomic mass is 10.0. The lowest BCUT2D eigenvalue weighted by molar-refractivity contribution is -0.125. The van der Waals surface area contributed by atoms with E-state index in [0.29, 0.717) is 12.8 Å². The number of aliphatic hydroxyl groups is 3. The molecule has 0 saturated carbocycles. The number of amides is 1. The van der Waals surface area contributed by atoms with Crippen molar-refractivity contribution < 1.29 is 20.1 Å². The van der Waals surface area contributed by atoms with Gasteiger partial charge in [0.2, 0.25) is 5.91 Å². The summed E-state index contributed by atoms with van der Waals surface area (Å²) < 4.78 is 0. The summed E-state index contributed by atoms with van der Waals surface area (Å²) >= 11 is 0. The number of rotatable bonds is 46. The normalized spacial score (nSPS) is 13.6. The van der Waals surface area contributed by atoms with Gasteiger partial charge in [0.1, 0.15) is 0 Å². The molecule has 332 valence electrons. The van der Waals surface area contributed by atoms with Gasteiger partial charge in [0.05, 0.1) is 31.3 Å². The molecule has 0 aromatic carbocycles. The van der Waals surface area contributed by atoms with Crippen molar-refractivity contribution >= 4 is 5.91 Å². The fourth-order valence-corrected chi connectivity index (χ4v) is 7.93. The largest absolute Gasteiger partial charge is 0.394 e. The molecule has 0 aromatic rings. The molecule has 3 unspecified atom stereocenters. The molecule has 0 aliphatic rings. The zero-order chi connectivity index (χ0) is 40.8. The summed E-state index contributed by atoms with van der Waals surface area (Å²) in [5.74, 6) is -0.284. The van der Waals surface area contributed by atoms with Gasteiger partial charge in [-0.15, -0.1) is 0 Å². The average Bonchev–Trinajstić information content (AvgIpc) is 3.19. The third kappa shape index (κ3) is 42.4.